The van der Waals surface area contributed by atoms with Gasteiger partial charge in [0.2, 0.25) is 0 Å². The minimum Gasteiger partial charge on any atom is -0.317 e. The second-order valence-electron chi connectivity index (χ2n) is 3.67. The van der Waals surface area contributed by atoms with Crippen LogP contribution >= 0.6 is 0 Å². The Hall–Kier alpha value is -0.220. The molecule has 0 aromatic heterocycles. The molecule has 1 rings (SSSR count). The fraction of sp³-hybridized carbons (Fsp3) is 1.00. The topological polar surface area (TPSA) is 15.3 Å². The Labute approximate surface area is 78.3 Å². The maximum atomic E-state index is 12.1. The van der Waals surface area contributed by atoms with Crippen molar-refractivity contribution in [3.8, 4) is 0 Å². The van der Waals surface area contributed by atoms with Gasteiger partial charge in [-0.1, -0.05) is 0 Å². The van der Waals surface area contributed by atoms with Crippen molar-refractivity contribution in [3.05, 3.63) is 0 Å². The summed E-state index contributed by atoms with van der Waals surface area (Å²) in [4.78, 5) is 1.79. The van der Waals surface area contributed by atoms with Gasteiger partial charge in [-0.15, -0.1) is 0 Å². The van der Waals surface area contributed by atoms with Crippen LogP contribution in [0.15, 0.2) is 0 Å². The zero-order valence-corrected chi connectivity index (χ0v) is 8.10. The Kier molecular flexibility index (Phi) is 4.59. The molecule has 1 unspecified atom stereocenters. The van der Waals surface area contributed by atoms with Gasteiger partial charge in [-0.3, -0.25) is 4.90 Å². The van der Waals surface area contributed by atoms with Crippen molar-refractivity contribution in [3.63, 3.8) is 0 Å². The van der Waals surface area contributed by atoms with E-state index in [1.54, 1.807) is 11.9 Å². The van der Waals surface area contributed by atoms with Crippen LogP contribution < -0.4 is 5.32 Å². The normalized spacial score (nSPS) is 25.2. The molecule has 1 aliphatic heterocycles. The summed E-state index contributed by atoms with van der Waals surface area (Å²) < 4.78 is 24.2. The molecule has 0 amide bonds. The van der Waals surface area contributed by atoms with E-state index in [4.69, 9.17) is 0 Å². The molecule has 2 nitrogen and oxygen atoms in total. The highest BCUT2D eigenvalue weighted by Crippen LogP contribution is 2.12. The first-order valence-electron chi connectivity index (χ1n) is 4.89. The Morgan fingerprint density at radius 3 is 2.85 bits per heavy atom. The molecule has 1 atom stereocenters. The van der Waals surface area contributed by atoms with Crippen LogP contribution in [0.25, 0.3) is 0 Å². The van der Waals surface area contributed by atoms with Crippen LogP contribution in [0.4, 0.5) is 8.78 Å². The lowest BCUT2D eigenvalue weighted by atomic mass is 10.1. The average molecular weight is 192 g/mol. The monoisotopic (exact) mass is 192 g/mol. The molecule has 4 heteroatoms. The molecule has 13 heavy (non-hydrogen) atoms. The molecule has 0 aliphatic carbocycles. The number of hydrogen-bond donors (Lipinski definition) is 1. The Bertz CT molecular complexity index is 134. The second kappa shape index (κ2) is 5.50. The van der Waals surface area contributed by atoms with Crippen LogP contribution in [-0.4, -0.2) is 44.0 Å². The van der Waals surface area contributed by atoms with Gasteiger partial charge in [0.15, 0.2) is 0 Å². The van der Waals surface area contributed by atoms with Crippen molar-refractivity contribution in [1.82, 2.24) is 10.2 Å². The zero-order valence-electron chi connectivity index (χ0n) is 8.10. The maximum absolute atomic E-state index is 12.1. The van der Waals surface area contributed by atoms with Crippen molar-refractivity contribution in [1.29, 1.82) is 0 Å². The van der Waals surface area contributed by atoms with E-state index in [-0.39, 0.29) is 6.54 Å². The number of hydrogen-bond acceptors (Lipinski definition) is 2. The highest BCUT2D eigenvalue weighted by atomic mass is 19.3. The first-order chi connectivity index (χ1) is 6.20. The molecule has 1 fully saturated rings. The summed E-state index contributed by atoms with van der Waals surface area (Å²) >= 11 is 0. The Morgan fingerprint density at radius 2 is 2.15 bits per heavy atom. The maximum Gasteiger partial charge on any atom is 0.251 e. The highest BCUT2D eigenvalue weighted by molar-refractivity contribution is 4.74. The Balaban J connectivity index is 2.30. The molecular weight excluding hydrogens is 174 g/mol. The van der Waals surface area contributed by atoms with E-state index in [0.29, 0.717) is 6.04 Å². The molecule has 0 spiro atoms. The van der Waals surface area contributed by atoms with Gasteiger partial charge in [0.1, 0.15) is 0 Å². The lowest BCUT2D eigenvalue weighted by Crippen LogP contribution is -2.35. The third-order valence-corrected chi connectivity index (χ3v) is 2.59. The third-order valence-electron chi connectivity index (χ3n) is 2.59. The number of rotatable bonds is 3. The van der Waals surface area contributed by atoms with Crippen LogP contribution in [0.5, 0.6) is 0 Å². The fourth-order valence-electron chi connectivity index (χ4n) is 1.81. The van der Waals surface area contributed by atoms with E-state index >= 15 is 0 Å². The van der Waals surface area contributed by atoms with Gasteiger partial charge in [-0.05, 0) is 39.4 Å². The van der Waals surface area contributed by atoms with E-state index in [1.165, 1.54) is 0 Å². The lowest BCUT2D eigenvalue weighted by molar-refractivity contribution is 0.0776. The first kappa shape index (κ1) is 10.9. The van der Waals surface area contributed by atoms with Crippen LogP contribution in [0, 0.1) is 0 Å². The fourth-order valence-corrected chi connectivity index (χ4v) is 1.81. The molecular formula is C9H18F2N2. The summed E-state index contributed by atoms with van der Waals surface area (Å²) in [5, 5.41) is 3.27. The SMILES string of the molecule is CN(CC(F)F)C1CCCNCC1. The van der Waals surface area contributed by atoms with Gasteiger partial charge in [-0.25, -0.2) is 8.78 Å². The summed E-state index contributed by atoms with van der Waals surface area (Å²) in [6, 6.07) is 0.337. The largest absolute Gasteiger partial charge is 0.317 e. The van der Waals surface area contributed by atoms with E-state index < -0.39 is 6.43 Å². The number of alkyl halides is 2. The van der Waals surface area contributed by atoms with Crippen LogP contribution in [-0.2, 0) is 0 Å². The predicted octanol–water partition coefficient (Wildman–Crippen LogP) is 1.33. The first-order valence-corrected chi connectivity index (χ1v) is 4.89. The van der Waals surface area contributed by atoms with Crippen LogP contribution in [0.3, 0.4) is 0 Å². The van der Waals surface area contributed by atoms with E-state index in [2.05, 4.69) is 5.32 Å². The van der Waals surface area contributed by atoms with E-state index in [9.17, 15) is 8.78 Å². The average Bonchev–Trinajstić information content (AvgIpc) is 2.29. The van der Waals surface area contributed by atoms with Crippen LogP contribution in [0.2, 0.25) is 0 Å². The number of nitrogens with zero attached hydrogens (tertiary/aromatic N) is 1. The zero-order chi connectivity index (χ0) is 9.68. The van der Waals surface area contributed by atoms with Gasteiger partial charge in [0.05, 0.1) is 6.54 Å². The molecule has 1 heterocycles. The van der Waals surface area contributed by atoms with Gasteiger partial charge in [-0.2, -0.15) is 0 Å². The minimum absolute atomic E-state index is 0.0926. The molecule has 0 bridgehead atoms. The van der Waals surface area contributed by atoms with Crippen molar-refractivity contribution in [2.45, 2.75) is 31.7 Å². The predicted molar refractivity (Wildman–Crippen MR) is 49.1 cm³/mol. The molecule has 1 aliphatic rings. The molecule has 1 N–H and O–H groups in total. The van der Waals surface area contributed by atoms with Crippen molar-refractivity contribution in [2.75, 3.05) is 26.7 Å². The van der Waals surface area contributed by atoms with Gasteiger partial charge in [0.25, 0.3) is 6.43 Å². The van der Waals surface area contributed by atoms with Gasteiger partial charge in [0, 0.05) is 6.04 Å². The summed E-state index contributed by atoms with van der Waals surface area (Å²) in [5.74, 6) is 0. The smallest absolute Gasteiger partial charge is 0.251 e. The van der Waals surface area contributed by atoms with Crippen molar-refractivity contribution < 1.29 is 8.78 Å². The van der Waals surface area contributed by atoms with E-state index in [0.717, 1.165) is 32.4 Å². The summed E-state index contributed by atoms with van der Waals surface area (Å²) in [6.07, 6.45) is 0.915. The molecule has 0 aromatic carbocycles. The Morgan fingerprint density at radius 1 is 1.38 bits per heavy atom. The highest BCUT2D eigenvalue weighted by Gasteiger charge is 2.18. The summed E-state index contributed by atoms with van der Waals surface area (Å²) in [6.45, 7) is 1.89. The van der Waals surface area contributed by atoms with E-state index in [1.807, 2.05) is 0 Å². The standard InChI is InChI=1S/C9H18F2N2/c1-13(7-9(10)11)8-3-2-5-12-6-4-8/h8-9,12H,2-7H2,1H3. The molecule has 0 radical (unpaired) electrons. The van der Waals surface area contributed by atoms with Crippen LogP contribution in [0.1, 0.15) is 19.3 Å². The lowest BCUT2D eigenvalue weighted by Gasteiger charge is -2.26. The molecule has 0 saturated carbocycles. The number of halogens is 2. The minimum atomic E-state index is -2.21. The van der Waals surface area contributed by atoms with Gasteiger partial charge < -0.3 is 5.32 Å². The third kappa shape index (κ3) is 4.00. The molecule has 78 valence electrons. The summed E-state index contributed by atoms with van der Waals surface area (Å²) in [5.41, 5.74) is 0. The molecule has 0 aromatic rings. The second-order valence-corrected chi connectivity index (χ2v) is 3.67. The number of nitrogens with one attached hydrogen (secondary N) is 1. The van der Waals surface area contributed by atoms with Gasteiger partial charge >= 0.3 is 0 Å². The van der Waals surface area contributed by atoms with Crippen molar-refractivity contribution >= 4 is 0 Å². The quantitative estimate of drug-likeness (QED) is 0.725. The van der Waals surface area contributed by atoms with Crippen molar-refractivity contribution in [2.24, 2.45) is 0 Å². The molecule has 1 saturated heterocycles. The summed E-state index contributed by atoms with van der Waals surface area (Å²) in [7, 11) is 1.79.